The van der Waals surface area contributed by atoms with Crippen molar-refractivity contribution in [3.8, 4) is 6.07 Å². The van der Waals surface area contributed by atoms with Crippen LogP contribution in [0.2, 0.25) is 0 Å². The number of nitrogens with one attached hydrogen (secondary N) is 1. The molecule has 2 rings (SSSR count). The molecule has 1 aromatic heterocycles. The van der Waals surface area contributed by atoms with Gasteiger partial charge in [0.2, 0.25) is 5.91 Å². The molecule has 1 atom stereocenters. The predicted molar refractivity (Wildman–Crippen MR) is 77.6 cm³/mol. The number of nitriles is 1. The molecule has 0 aliphatic rings. The average Bonchev–Trinajstić information content (AvgIpc) is 2.50. The Morgan fingerprint density at radius 1 is 1.40 bits per heavy atom. The maximum Gasteiger partial charge on any atom is 0.237 e. The topological polar surface area (TPSA) is 65.8 Å². The van der Waals surface area contributed by atoms with Gasteiger partial charge in [-0.1, -0.05) is 37.6 Å². The summed E-state index contributed by atoms with van der Waals surface area (Å²) >= 11 is 0. The zero-order chi connectivity index (χ0) is 14.4. The van der Waals surface area contributed by atoms with Gasteiger partial charge in [-0.05, 0) is 18.1 Å². The van der Waals surface area contributed by atoms with Gasteiger partial charge in [0.15, 0.2) is 0 Å². The van der Waals surface area contributed by atoms with E-state index in [1.807, 2.05) is 43.3 Å². The number of benzene rings is 1. The first kappa shape index (κ1) is 14.0. The molecule has 1 aromatic carbocycles. The van der Waals surface area contributed by atoms with E-state index >= 15 is 0 Å². The molecule has 2 aromatic rings. The molecule has 1 N–H and O–H groups in total. The normalized spacial score (nSPS) is 11.8. The minimum Gasteiger partial charge on any atom is -0.351 e. The van der Waals surface area contributed by atoms with Gasteiger partial charge in [0.25, 0.3) is 0 Å². The monoisotopic (exact) mass is 267 g/mol. The van der Waals surface area contributed by atoms with Crippen molar-refractivity contribution < 1.29 is 4.79 Å². The minimum absolute atomic E-state index is 0.206. The molecule has 20 heavy (non-hydrogen) atoms. The molecule has 0 saturated heterocycles. The van der Waals surface area contributed by atoms with Crippen molar-refractivity contribution in [3.05, 3.63) is 42.1 Å². The van der Waals surface area contributed by atoms with Crippen LogP contribution in [0.5, 0.6) is 0 Å². The predicted octanol–water partition coefficient (Wildman–Crippen LogP) is 2.79. The number of pyridine rings is 1. The number of nitrogens with zero attached hydrogens (tertiary/aromatic N) is 2. The number of carbonyl (C=O) groups is 1. The quantitative estimate of drug-likeness (QED) is 0.905. The fraction of sp³-hybridized carbons (Fsp3) is 0.312. The van der Waals surface area contributed by atoms with Crippen LogP contribution in [0.1, 0.15) is 25.3 Å². The first-order valence-corrected chi connectivity index (χ1v) is 6.76. The Kier molecular flexibility index (Phi) is 4.67. The molecule has 1 heterocycles. The molecule has 0 saturated carbocycles. The first-order valence-electron chi connectivity index (χ1n) is 6.76. The molecular formula is C16H17N3O. The largest absolute Gasteiger partial charge is 0.351 e. The molecular weight excluding hydrogens is 250 g/mol. The fourth-order valence-electron chi connectivity index (χ4n) is 2.16. The van der Waals surface area contributed by atoms with Crippen molar-refractivity contribution >= 4 is 16.8 Å². The lowest BCUT2D eigenvalue weighted by Gasteiger charge is -2.10. The number of carbonyl (C=O) groups excluding carboxylic acids is 1. The Labute approximate surface area is 118 Å². The summed E-state index contributed by atoms with van der Waals surface area (Å²) in [5.41, 5.74) is 1.85. The van der Waals surface area contributed by atoms with Gasteiger partial charge in [-0.3, -0.25) is 9.78 Å². The van der Waals surface area contributed by atoms with Gasteiger partial charge < -0.3 is 5.32 Å². The van der Waals surface area contributed by atoms with E-state index in [2.05, 4.69) is 10.3 Å². The van der Waals surface area contributed by atoms with Crippen molar-refractivity contribution in [1.82, 2.24) is 10.3 Å². The maximum atomic E-state index is 11.9. The van der Waals surface area contributed by atoms with E-state index < -0.39 is 5.92 Å². The van der Waals surface area contributed by atoms with Crippen LogP contribution in [-0.2, 0) is 11.3 Å². The third kappa shape index (κ3) is 3.12. The van der Waals surface area contributed by atoms with Crippen molar-refractivity contribution in [2.24, 2.45) is 5.92 Å². The van der Waals surface area contributed by atoms with E-state index in [-0.39, 0.29) is 5.91 Å². The highest BCUT2D eigenvalue weighted by atomic mass is 16.1. The number of hydrogen-bond donors (Lipinski definition) is 1. The summed E-state index contributed by atoms with van der Waals surface area (Å²) in [4.78, 5) is 16.3. The Balaban J connectivity index is 2.10. The Bertz CT molecular complexity index is 640. The van der Waals surface area contributed by atoms with Crippen LogP contribution in [0, 0.1) is 17.2 Å². The van der Waals surface area contributed by atoms with Gasteiger partial charge in [0, 0.05) is 18.1 Å². The lowest BCUT2D eigenvalue weighted by Crippen LogP contribution is -2.29. The number of para-hydroxylation sites is 1. The third-order valence-electron chi connectivity index (χ3n) is 3.22. The van der Waals surface area contributed by atoms with Crippen LogP contribution in [0.4, 0.5) is 0 Å². The smallest absolute Gasteiger partial charge is 0.237 e. The molecule has 0 aliphatic heterocycles. The Morgan fingerprint density at radius 3 is 2.95 bits per heavy atom. The van der Waals surface area contributed by atoms with E-state index in [0.29, 0.717) is 13.0 Å². The number of rotatable bonds is 5. The highest BCUT2D eigenvalue weighted by Crippen LogP contribution is 2.16. The number of aromatic nitrogens is 1. The van der Waals surface area contributed by atoms with Gasteiger partial charge in [-0.2, -0.15) is 5.26 Å². The maximum absolute atomic E-state index is 11.9. The number of amides is 1. The molecule has 0 aliphatic carbocycles. The summed E-state index contributed by atoms with van der Waals surface area (Å²) in [5.74, 6) is -0.773. The minimum atomic E-state index is -0.567. The van der Waals surface area contributed by atoms with E-state index in [1.165, 1.54) is 0 Å². The molecule has 1 unspecified atom stereocenters. The summed E-state index contributed by atoms with van der Waals surface area (Å²) in [6.07, 6.45) is 3.15. The van der Waals surface area contributed by atoms with Crippen LogP contribution in [0.15, 0.2) is 36.5 Å². The second kappa shape index (κ2) is 6.67. The Morgan fingerprint density at radius 2 is 2.20 bits per heavy atom. The van der Waals surface area contributed by atoms with E-state index in [0.717, 1.165) is 22.9 Å². The van der Waals surface area contributed by atoms with Gasteiger partial charge in [0.05, 0.1) is 11.6 Å². The fourth-order valence-corrected chi connectivity index (χ4v) is 2.16. The molecule has 102 valence electrons. The summed E-state index contributed by atoms with van der Waals surface area (Å²) in [6.45, 7) is 2.36. The second-order valence-electron chi connectivity index (χ2n) is 4.68. The summed E-state index contributed by atoms with van der Waals surface area (Å²) in [5, 5.41) is 12.8. The van der Waals surface area contributed by atoms with Crippen molar-refractivity contribution in [1.29, 1.82) is 5.26 Å². The molecule has 1 amide bonds. The zero-order valence-corrected chi connectivity index (χ0v) is 11.5. The highest BCUT2D eigenvalue weighted by molar-refractivity contribution is 5.83. The summed E-state index contributed by atoms with van der Waals surface area (Å²) in [7, 11) is 0. The highest BCUT2D eigenvalue weighted by Gasteiger charge is 2.16. The van der Waals surface area contributed by atoms with Gasteiger partial charge in [-0.25, -0.2) is 0 Å². The zero-order valence-electron chi connectivity index (χ0n) is 11.5. The average molecular weight is 267 g/mol. The van der Waals surface area contributed by atoms with E-state index in [4.69, 9.17) is 5.26 Å². The second-order valence-corrected chi connectivity index (χ2v) is 4.68. The van der Waals surface area contributed by atoms with Crippen LogP contribution >= 0.6 is 0 Å². The first-order chi connectivity index (χ1) is 9.76. The van der Waals surface area contributed by atoms with E-state index in [1.54, 1.807) is 6.20 Å². The summed E-state index contributed by atoms with van der Waals surface area (Å²) in [6, 6.07) is 11.8. The lowest BCUT2D eigenvalue weighted by atomic mass is 10.0. The summed E-state index contributed by atoms with van der Waals surface area (Å²) < 4.78 is 0. The van der Waals surface area contributed by atoms with Crippen LogP contribution < -0.4 is 5.32 Å². The van der Waals surface area contributed by atoms with Crippen molar-refractivity contribution in [2.75, 3.05) is 0 Å². The SMILES string of the molecule is CCCC(C#N)C(=O)NCc1cccc2cccnc12. The van der Waals surface area contributed by atoms with E-state index in [9.17, 15) is 4.79 Å². The van der Waals surface area contributed by atoms with Gasteiger partial charge >= 0.3 is 0 Å². The number of fused-ring (bicyclic) bond motifs is 1. The van der Waals surface area contributed by atoms with Gasteiger partial charge in [0.1, 0.15) is 5.92 Å². The van der Waals surface area contributed by atoms with Crippen molar-refractivity contribution in [3.63, 3.8) is 0 Å². The molecule has 4 heteroatoms. The van der Waals surface area contributed by atoms with Crippen LogP contribution in [0.3, 0.4) is 0 Å². The van der Waals surface area contributed by atoms with Crippen LogP contribution in [-0.4, -0.2) is 10.9 Å². The van der Waals surface area contributed by atoms with Crippen LogP contribution in [0.25, 0.3) is 10.9 Å². The molecule has 4 nitrogen and oxygen atoms in total. The molecule has 0 fully saturated rings. The molecule has 0 radical (unpaired) electrons. The van der Waals surface area contributed by atoms with Crippen molar-refractivity contribution in [2.45, 2.75) is 26.3 Å². The lowest BCUT2D eigenvalue weighted by molar-refractivity contribution is -0.123. The standard InChI is InChI=1S/C16H17N3O/c1-2-5-13(10-17)16(20)19-11-14-7-3-6-12-8-4-9-18-15(12)14/h3-4,6-9,13H,2,5,11H2,1H3,(H,19,20). The van der Waals surface area contributed by atoms with Gasteiger partial charge in [-0.15, -0.1) is 0 Å². The third-order valence-corrected chi connectivity index (χ3v) is 3.22. The molecule has 0 spiro atoms. The Hall–Kier alpha value is -2.41. The number of hydrogen-bond acceptors (Lipinski definition) is 3. The molecule has 0 bridgehead atoms.